The molecule has 0 fully saturated rings. The van der Waals surface area contributed by atoms with Gasteiger partial charge in [0.1, 0.15) is 5.76 Å². The third kappa shape index (κ3) is 3.63. The molecule has 2 rings (SSSR count). The zero-order valence-electron chi connectivity index (χ0n) is 11.0. The average Bonchev–Trinajstić information content (AvgIpc) is 2.73. The fourth-order valence-corrected chi connectivity index (χ4v) is 2.73. The number of furan rings is 1. The van der Waals surface area contributed by atoms with Crippen molar-refractivity contribution in [2.24, 2.45) is 0 Å². The molecule has 0 saturated heterocycles. The molecule has 1 heterocycles. The standard InChI is InChI=1S/C15H22ClNO/c1-2-17-15(13-10-11-14(16)18-13)12-8-6-4-3-5-7-9-12/h8,10-11,15,17H,2-7,9H2,1H3/b12-8+. The van der Waals surface area contributed by atoms with Crippen LogP contribution in [-0.2, 0) is 0 Å². The Kier molecular flexibility index (Phi) is 5.33. The minimum atomic E-state index is 0.195. The monoisotopic (exact) mass is 267 g/mol. The van der Waals surface area contributed by atoms with Crippen molar-refractivity contribution < 1.29 is 4.42 Å². The van der Waals surface area contributed by atoms with Gasteiger partial charge in [0, 0.05) is 0 Å². The van der Waals surface area contributed by atoms with E-state index in [2.05, 4.69) is 18.3 Å². The number of rotatable bonds is 4. The molecule has 1 aromatic rings. The van der Waals surface area contributed by atoms with E-state index < -0.39 is 0 Å². The van der Waals surface area contributed by atoms with E-state index >= 15 is 0 Å². The van der Waals surface area contributed by atoms with Crippen molar-refractivity contribution in [2.45, 2.75) is 51.5 Å². The normalized spacial score (nSPS) is 21.8. The predicted molar refractivity (Wildman–Crippen MR) is 75.9 cm³/mol. The van der Waals surface area contributed by atoms with Crippen LogP contribution in [0.15, 0.2) is 28.2 Å². The highest BCUT2D eigenvalue weighted by atomic mass is 35.5. The second kappa shape index (κ2) is 7.01. The van der Waals surface area contributed by atoms with Crippen LogP contribution in [0.5, 0.6) is 0 Å². The van der Waals surface area contributed by atoms with E-state index in [4.69, 9.17) is 16.0 Å². The van der Waals surface area contributed by atoms with E-state index in [1.807, 2.05) is 12.1 Å². The maximum absolute atomic E-state index is 5.89. The molecule has 0 aliphatic heterocycles. The van der Waals surface area contributed by atoms with Crippen LogP contribution >= 0.6 is 11.6 Å². The summed E-state index contributed by atoms with van der Waals surface area (Å²) in [5.74, 6) is 0.939. The molecule has 3 heteroatoms. The number of nitrogens with one attached hydrogen (secondary N) is 1. The van der Waals surface area contributed by atoms with Crippen molar-refractivity contribution >= 4 is 11.6 Å². The summed E-state index contributed by atoms with van der Waals surface area (Å²) in [6.45, 7) is 3.06. The van der Waals surface area contributed by atoms with Gasteiger partial charge in [-0.1, -0.05) is 25.8 Å². The molecule has 1 aliphatic rings. The van der Waals surface area contributed by atoms with E-state index in [9.17, 15) is 0 Å². The average molecular weight is 268 g/mol. The number of hydrogen-bond donors (Lipinski definition) is 1. The highest BCUT2D eigenvalue weighted by Crippen LogP contribution is 2.30. The molecule has 1 unspecified atom stereocenters. The molecule has 1 atom stereocenters. The zero-order chi connectivity index (χ0) is 12.8. The van der Waals surface area contributed by atoms with Gasteiger partial charge < -0.3 is 9.73 Å². The van der Waals surface area contributed by atoms with Gasteiger partial charge in [-0.2, -0.15) is 0 Å². The van der Waals surface area contributed by atoms with Gasteiger partial charge in [0.2, 0.25) is 0 Å². The quantitative estimate of drug-likeness (QED) is 0.788. The Morgan fingerprint density at radius 1 is 1.28 bits per heavy atom. The smallest absolute Gasteiger partial charge is 0.193 e. The summed E-state index contributed by atoms with van der Waals surface area (Å²) < 4.78 is 5.59. The number of halogens is 1. The van der Waals surface area contributed by atoms with Crippen LogP contribution < -0.4 is 5.32 Å². The molecule has 2 nitrogen and oxygen atoms in total. The van der Waals surface area contributed by atoms with E-state index in [-0.39, 0.29) is 6.04 Å². The maximum Gasteiger partial charge on any atom is 0.193 e. The van der Waals surface area contributed by atoms with Gasteiger partial charge in [0.15, 0.2) is 5.22 Å². The first-order valence-electron chi connectivity index (χ1n) is 6.99. The van der Waals surface area contributed by atoms with Gasteiger partial charge in [-0.15, -0.1) is 0 Å². The third-order valence-electron chi connectivity index (χ3n) is 3.48. The summed E-state index contributed by atoms with van der Waals surface area (Å²) >= 11 is 5.89. The Labute approximate surface area is 114 Å². The molecule has 0 aromatic carbocycles. The molecule has 1 N–H and O–H groups in total. The molecule has 0 radical (unpaired) electrons. The lowest BCUT2D eigenvalue weighted by Crippen LogP contribution is -2.22. The Morgan fingerprint density at radius 2 is 2.11 bits per heavy atom. The van der Waals surface area contributed by atoms with Gasteiger partial charge in [-0.05, 0) is 61.5 Å². The van der Waals surface area contributed by atoms with Crippen molar-refractivity contribution in [3.8, 4) is 0 Å². The molecule has 1 aliphatic carbocycles. The summed E-state index contributed by atoms with van der Waals surface area (Å²) in [7, 11) is 0. The second-order valence-corrected chi connectivity index (χ2v) is 5.24. The lowest BCUT2D eigenvalue weighted by atomic mass is 9.93. The van der Waals surface area contributed by atoms with Crippen molar-refractivity contribution in [2.75, 3.05) is 6.54 Å². The summed E-state index contributed by atoms with van der Waals surface area (Å²) in [5.41, 5.74) is 1.46. The van der Waals surface area contributed by atoms with E-state index in [0.29, 0.717) is 5.22 Å². The highest BCUT2D eigenvalue weighted by Gasteiger charge is 2.19. The summed E-state index contributed by atoms with van der Waals surface area (Å²) in [6.07, 6.45) is 10.0. The first kappa shape index (κ1) is 13.7. The topological polar surface area (TPSA) is 25.2 Å². The predicted octanol–water partition coefficient (Wildman–Crippen LogP) is 4.86. The van der Waals surface area contributed by atoms with Crippen molar-refractivity contribution in [1.82, 2.24) is 5.32 Å². The number of likely N-dealkylation sites (N-methyl/N-ethyl adjacent to an activating group) is 1. The molecule has 0 saturated carbocycles. The maximum atomic E-state index is 5.89. The molecule has 0 amide bonds. The molecule has 18 heavy (non-hydrogen) atoms. The van der Waals surface area contributed by atoms with Gasteiger partial charge in [0.25, 0.3) is 0 Å². The van der Waals surface area contributed by atoms with Gasteiger partial charge in [0.05, 0.1) is 6.04 Å². The van der Waals surface area contributed by atoms with Crippen LogP contribution in [0, 0.1) is 0 Å². The molecule has 100 valence electrons. The van der Waals surface area contributed by atoms with E-state index in [1.165, 1.54) is 37.7 Å². The lowest BCUT2D eigenvalue weighted by Gasteiger charge is -2.21. The number of allylic oxidation sites excluding steroid dienone is 1. The Bertz CT molecular complexity index is 397. The van der Waals surface area contributed by atoms with Crippen LogP contribution in [0.2, 0.25) is 5.22 Å². The summed E-state index contributed by atoms with van der Waals surface area (Å²) in [5, 5.41) is 3.98. The van der Waals surface area contributed by atoms with Crippen molar-refractivity contribution in [3.05, 3.63) is 34.8 Å². The van der Waals surface area contributed by atoms with Crippen LogP contribution in [0.4, 0.5) is 0 Å². The van der Waals surface area contributed by atoms with E-state index in [0.717, 1.165) is 18.7 Å². The zero-order valence-corrected chi connectivity index (χ0v) is 11.8. The van der Waals surface area contributed by atoms with Crippen LogP contribution in [-0.4, -0.2) is 6.54 Å². The van der Waals surface area contributed by atoms with Crippen molar-refractivity contribution in [3.63, 3.8) is 0 Å². The molecule has 0 bridgehead atoms. The largest absolute Gasteiger partial charge is 0.448 e. The van der Waals surface area contributed by atoms with Gasteiger partial charge in [-0.25, -0.2) is 0 Å². The molecule has 0 spiro atoms. The Hall–Kier alpha value is -0.730. The fourth-order valence-electron chi connectivity index (χ4n) is 2.58. The van der Waals surface area contributed by atoms with Gasteiger partial charge >= 0.3 is 0 Å². The Morgan fingerprint density at radius 3 is 2.83 bits per heavy atom. The minimum Gasteiger partial charge on any atom is -0.448 e. The van der Waals surface area contributed by atoms with Crippen LogP contribution in [0.25, 0.3) is 0 Å². The first-order chi connectivity index (χ1) is 8.81. The fraction of sp³-hybridized carbons (Fsp3) is 0.600. The number of hydrogen-bond acceptors (Lipinski definition) is 2. The molecular weight excluding hydrogens is 246 g/mol. The Balaban J connectivity index is 2.17. The third-order valence-corrected chi connectivity index (χ3v) is 3.69. The minimum absolute atomic E-state index is 0.195. The first-order valence-corrected chi connectivity index (χ1v) is 7.36. The second-order valence-electron chi connectivity index (χ2n) is 4.86. The molecule has 1 aromatic heterocycles. The molecular formula is C15H22ClNO. The van der Waals surface area contributed by atoms with E-state index in [1.54, 1.807) is 0 Å². The van der Waals surface area contributed by atoms with Crippen LogP contribution in [0.1, 0.15) is 57.3 Å². The van der Waals surface area contributed by atoms with Gasteiger partial charge in [-0.3, -0.25) is 0 Å². The summed E-state index contributed by atoms with van der Waals surface area (Å²) in [6, 6.07) is 4.00. The van der Waals surface area contributed by atoms with Crippen molar-refractivity contribution in [1.29, 1.82) is 0 Å². The highest BCUT2D eigenvalue weighted by molar-refractivity contribution is 6.28. The SMILES string of the molecule is CCNC(/C1=C/CCCCCC1)c1ccc(Cl)o1. The lowest BCUT2D eigenvalue weighted by molar-refractivity contribution is 0.437. The summed E-state index contributed by atoms with van der Waals surface area (Å²) in [4.78, 5) is 0. The van der Waals surface area contributed by atoms with Crippen LogP contribution in [0.3, 0.4) is 0 Å².